The molecule has 4 bridgehead atoms. The van der Waals surface area contributed by atoms with Gasteiger partial charge in [-0.2, -0.15) is 0 Å². The van der Waals surface area contributed by atoms with Gasteiger partial charge in [-0.05, 0) is 69.6 Å². The first-order chi connectivity index (χ1) is 9.59. The Morgan fingerprint density at radius 2 is 1.70 bits per heavy atom. The first kappa shape index (κ1) is 13.0. The van der Waals surface area contributed by atoms with Crippen LogP contribution in [0.25, 0.3) is 0 Å². The minimum Gasteiger partial charge on any atom is -0.347 e. The highest BCUT2D eigenvalue weighted by molar-refractivity contribution is 7.71. The molecule has 0 radical (unpaired) electrons. The number of H-pyrrole nitrogens is 1. The van der Waals surface area contributed by atoms with Crippen molar-refractivity contribution in [3.63, 3.8) is 0 Å². The van der Waals surface area contributed by atoms with Gasteiger partial charge in [-0.1, -0.05) is 19.1 Å². The monoisotopic (exact) mass is 288 g/mol. The molecular weight excluding hydrogens is 264 g/mol. The molecule has 0 aromatic carbocycles. The zero-order valence-electron chi connectivity index (χ0n) is 12.5. The van der Waals surface area contributed by atoms with Gasteiger partial charge in [0.2, 0.25) is 0 Å². The van der Waals surface area contributed by atoms with E-state index in [4.69, 9.17) is 17.2 Å². The Kier molecular flexibility index (Phi) is 2.86. The van der Waals surface area contributed by atoms with Gasteiger partial charge in [-0.3, -0.25) is 0 Å². The van der Waals surface area contributed by atoms with E-state index in [0.717, 1.165) is 28.8 Å². The van der Waals surface area contributed by atoms with Crippen LogP contribution in [0.3, 0.4) is 0 Å². The SMILES string of the molecule is CCc1c(C)[nH]c(C23CC4CC(CC(C4)C2)C3)nc1=S. The number of hydrogen-bond donors (Lipinski definition) is 1. The number of nitrogens with one attached hydrogen (secondary N) is 1. The van der Waals surface area contributed by atoms with E-state index in [9.17, 15) is 0 Å². The molecule has 4 saturated carbocycles. The molecule has 0 unspecified atom stereocenters. The molecule has 0 atom stereocenters. The Labute approximate surface area is 126 Å². The maximum absolute atomic E-state index is 5.55. The van der Waals surface area contributed by atoms with Gasteiger partial charge < -0.3 is 4.98 Å². The van der Waals surface area contributed by atoms with Crippen LogP contribution in [0.1, 0.15) is 62.5 Å². The predicted molar refractivity (Wildman–Crippen MR) is 83.4 cm³/mol. The summed E-state index contributed by atoms with van der Waals surface area (Å²) < 4.78 is 0.842. The molecular formula is C17H24N2S. The number of aromatic nitrogens is 2. The van der Waals surface area contributed by atoms with E-state index in [-0.39, 0.29) is 0 Å². The summed E-state index contributed by atoms with van der Waals surface area (Å²) in [4.78, 5) is 8.50. The van der Waals surface area contributed by atoms with Crippen molar-refractivity contribution >= 4 is 12.2 Å². The van der Waals surface area contributed by atoms with Crippen molar-refractivity contribution in [2.45, 2.75) is 64.2 Å². The predicted octanol–water partition coefficient (Wildman–Crippen LogP) is 4.48. The topological polar surface area (TPSA) is 28.7 Å². The van der Waals surface area contributed by atoms with E-state index in [1.807, 2.05) is 0 Å². The third-order valence-electron chi connectivity index (χ3n) is 6.12. The molecule has 4 aliphatic rings. The van der Waals surface area contributed by atoms with Gasteiger partial charge in [0, 0.05) is 16.7 Å². The Balaban J connectivity index is 1.79. The summed E-state index contributed by atoms with van der Waals surface area (Å²) in [7, 11) is 0. The highest BCUT2D eigenvalue weighted by Gasteiger charge is 2.52. The lowest BCUT2D eigenvalue weighted by Crippen LogP contribution is -2.49. The quantitative estimate of drug-likeness (QED) is 0.813. The third-order valence-corrected chi connectivity index (χ3v) is 6.46. The average molecular weight is 288 g/mol. The van der Waals surface area contributed by atoms with E-state index in [1.165, 1.54) is 55.6 Å². The summed E-state index contributed by atoms with van der Waals surface area (Å²) in [6.07, 6.45) is 9.46. The molecule has 0 spiro atoms. The maximum Gasteiger partial charge on any atom is 0.133 e. The van der Waals surface area contributed by atoms with Crippen molar-refractivity contribution in [2.75, 3.05) is 0 Å². The smallest absolute Gasteiger partial charge is 0.133 e. The van der Waals surface area contributed by atoms with Gasteiger partial charge in [0.1, 0.15) is 10.5 Å². The summed E-state index contributed by atoms with van der Waals surface area (Å²) in [5.41, 5.74) is 2.81. The molecule has 0 aliphatic heterocycles. The van der Waals surface area contributed by atoms with Gasteiger partial charge >= 0.3 is 0 Å². The highest BCUT2D eigenvalue weighted by atomic mass is 32.1. The van der Waals surface area contributed by atoms with Crippen molar-refractivity contribution in [3.8, 4) is 0 Å². The molecule has 108 valence electrons. The minimum absolute atomic E-state index is 0.333. The molecule has 2 nitrogen and oxygen atoms in total. The average Bonchev–Trinajstić information content (AvgIpc) is 2.36. The van der Waals surface area contributed by atoms with Crippen LogP contribution in [0.4, 0.5) is 0 Å². The second-order valence-corrected chi connectivity index (χ2v) is 7.93. The molecule has 0 saturated heterocycles. The summed E-state index contributed by atoms with van der Waals surface area (Å²) >= 11 is 5.55. The van der Waals surface area contributed by atoms with Crippen molar-refractivity contribution in [1.82, 2.24) is 9.97 Å². The van der Waals surface area contributed by atoms with Crippen LogP contribution < -0.4 is 0 Å². The lowest BCUT2D eigenvalue weighted by atomic mass is 9.49. The first-order valence-corrected chi connectivity index (χ1v) is 8.61. The Hall–Kier alpha value is -0.700. The molecule has 1 N–H and O–H groups in total. The Morgan fingerprint density at radius 3 is 2.15 bits per heavy atom. The first-order valence-electron chi connectivity index (χ1n) is 8.20. The summed E-state index contributed by atoms with van der Waals surface area (Å²) in [6, 6.07) is 0. The molecule has 3 heteroatoms. The Morgan fingerprint density at radius 1 is 1.15 bits per heavy atom. The number of rotatable bonds is 2. The van der Waals surface area contributed by atoms with Crippen LogP contribution in [-0.4, -0.2) is 9.97 Å². The van der Waals surface area contributed by atoms with Crippen LogP contribution in [0.5, 0.6) is 0 Å². The Bertz CT molecular complexity index is 566. The lowest BCUT2D eigenvalue weighted by Gasteiger charge is -2.56. The normalized spacial score (nSPS) is 38.4. The largest absolute Gasteiger partial charge is 0.347 e. The van der Waals surface area contributed by atoms with E-state index in [1.54, 1.807) is 0 Å². The van der Waals surface area contributed by atoms with Gasteiger partial charge in [-0.15, -0.1) is 0 Å². The van der Waals surface area contributed by atoms with Crippen LogP contribution in [0.15, 0.2) is 0 Å². The molecule has 0 amide bonds. The number of hydrogen-bond acceptors (Lipinski definition) is 2. The van der Waals surface area contributed by atoms with Crippen molar-refractivity contribution in [1.29, 1.82) is 0 Å². The fraction of sp³-hybridized carbons (Fsp3) is 0.765. The van der Waals surface area contributed by atoms with Gasteiger partial charge in [0.15, 0.2) is 0 Å². The van der Waals surface area contributed by atoms with Crippen LogP contribution in [0, 0.1) is 29.3 Å². The summed E-state index contributed by atoms with van der Waals surface area (Å²) in [5, 5.41) is 0. The van der Waals surface area contributed by atoms with Crippen molar-refractivity contribution < 1.29 is 0 Å². The molecule has 5 rings (SSSR count). The molecule has 1 aromatic rings. The standard InChI is InChI=1S/C17H24N2S/c1-3-14-10(2)18-16(19-15(14)20)17-7-11-4-12(8-17)6-13(5-11)9-17/h11-13H,3-9H2,1-2H3,(H,18,19,20). The molecule has 20 heavy (non-hydrogen) atoms. The second kappa shape index (κ2) is 4.40. The minimum atomic E-state index is 0.333. The van der Waals surface area contributed by atoms with Crippen LogP contribution in [0.2, 0.25) is 0 Å². The highest BCUT2D eigenvalue weighted by Crippen LogP contribution is 2.60. The second-order valence-electron chi connectivity index (χ2n) is 7.55. The fourth-order valence-electron chi connectivity index (χ4n) is 5.68. The van der Waals surface area contributed by atoms with Crippen LogP contribution in [-0.2, 0) is 11.8 Å². The summed E-state index contributed by atoms with van der Waals surface area (Å²) in [6.45, 7) is 4.33. The molecule has 4 fully saturated rings. The number of nitrogens with zero attached hydrogens (tertiary/aromatic N) is 1. The van der Waals surface area contributed by atoms with Crippen molar-refractivity contribution in [2.24, 2.45) is 17.8 Å². The van der Waals surface area contributed by atoms with Gasteiger partial charge in [-0.25, -0.2) is 4.98 Å². The summed E-state index contributed by atoms with van der Waals surface area (Å²) in [5.74, 6) is 4.08. The van der Waals surface area contributed by atoms with Gasteiger partial charge in [0.25, 0.3) is 0 Å². The maximum atomic E-state index is 5.55. The zero-order chi connectivity index (χ0) is 13.9. The van der Waals surface area contributed by atoms with Crippen molar-refractivity contribution in [3.05, 3.63) is 21.7 Å². The third kappa shape index (κ3) is 1.82. The van der Waals surface area contributed by atoms with Gasteiger partial charge in [0.05, 0.1) is 0 Å². The van der Waals surface area contributed by atoms with E-state index in [2.05, 4.69) is 18.8 Å². The zero-order valence-corrected chi connectivity index (χ0v) is 13.4. The van der Waals surface area contributed by atoms with E-state index in [0.29, 0.717) is 5.41 Å². The molecule has 4 aliphatic carbocycles. The molecule has 1 heterocycles. The van der Waals surface area contributed by atoms with Crippen LogP contribution >= 0.6 is 12.2 Å². The lowest BCUT2D eigenvalue weighted by molar-refractivity contribution is -0.00954. The van der Waals surface area contributed by atoms with E-state index < -0.39 is 0 Å². The number of aromatic amines is 1. The molecule has 1 aromatic heterocycles. The number of aryl methyl sites for hydroxylation is 1. The fourth-order valence-corrected chi connectivity index (χ4v) is 6.07. The van der Waals surface area contributed by atoms with E-state index >= 15 is 0 Å².